The van der Waals surface area contributed by atoms with Crippen LogP contribution in [0.2, 0.25) is 0 Å². The number of phenolic OH excluding ortho intramolecular Hbond substituents is 1. The molecular formula is C23H27N3O. The van der Waals surface area contributed by atoms with Crippen molar-refractivity contribution < 1.29 is 5.11 Å². The Balaban J connectivity index is 1.83. The Bertz CT molecular complexity index is 928. The summed E-state index contributed by atoms with van der Waals surface area (Å²) in [5.74, 6) is 0.375. The largest absolute Gasteiger partial charge is 0.508 e. The topological polar surface area (TPSA) is 41.3 Å². The van der Waals surface area contributed by atoms with Gasteiger partial charge in [0.2, 0.25) is 0 Å². The van der Waals surface area contributed by atoms with Crippen molar-refractivity contribution in [1.82, 2.24) is 14.7 Å². The van der Waals surface area contributed by atoms with Gasteiger partial charge in [0, 0.05) is 17.7 Å². The lowest BCUT2D eigenvalue weighted by Gasteiger charge is -2.15. The molecule has 1 heterocycles. The number of phenols is 1. The number of aromatic nitrogens is 2. The highest BCUT2D eigenvalue weighted by atomic mass is 16.3. The fourth-order valence-electron chi connectivity index (χ4n) is 3.88. The third-order valence-corrected chi connectivity index (χ3v) is 5.34. The second-order valence-electron chi connectivity index (χ2n) is 7.63. The van der Waals surface area contributed by atoms with Crippen molar-refractivity contribution in [2.24, 2.45) is 0 Å². The number of nitrogens with zero attached hydrogens (tertiary/aromatic N) is 3. The molecular weight excluding hydrogens is 334 g/mol. The number of rotatable bonds is 5. The van der Waals surface area contributed by atoms with Crippen LogP contribution in [0, 0.1) is 0 Å². The van der Waals surface area contributed by atoms with Crippen LogP contribution >= 0.6 is 0 Å². The predicted octanol–water partition coefficient (Wildman–Crippen LogP) is 4.23. The molecule has 0 bridgehead atoms. The summed E-state index contributed by atoms with van der Waals surface area (Å²) in [6.45, 7) is 0.910. The number of benzene rings is 2. The van der Waals surface area contributed by atoms with E-state index >= 15 is 0 Å². The molecule has 0 unspecified atom stereocenters. The lowest BCUT2D eigenvalue weighted by molar-refractivity contribution is 0.406. The minimum atomic E-state index is 0.375. The van der Waals surface area contributed by atoms with Gasteiger partial charge in [-0.25, -0.2) is 4.68 Å². The SMILES string of the molecule is CN(C)CCc1cc(-c2c3c(nn2-c2ccccc2)CCCC3)ccc1O. The van der Waals surface area contributed by atoms with Crippen LogP contribution < -0.4 is 0 Å². The highest BCUT2D eigenvalue weighted by Gasteiger charge is 2.23. The second-order valence-corrected chi connectivity index (χ2v) is 7.63. The highest BCUT2D eigenvalue weighted by Crippen LogP contribution is 2.35. The van der Waals surface area contributed by atoms with E-state index in [-0.39, 0.29) is 0 Å². The zero-order chi connectivity index (χ0) is 18.8. The van der Waals surface area contributed by atoms with Crippen molar-refractivity contribution in [3.05, 3.63) is 65.4 Å². The summed E-state index contributed by atoms with van der Waals surface area (Å²) in [6, 6.07) is 16.4. The van der Waals surface area contributed by atoms with Crippen molar-refractivity contribution in [2.75, 3.05) is 20.6 Å². The standard InChI is InChI=1S/C23H27N3O/c1-25(2)15-14-17-16-18(12-13-22(17)27)23-20-10-6-7-11-21(20)24-26(23)19-8-4-3-5-9-19/h3-5,8-9,12-13,16,27H,6-7,10-11,14-15H2,1-2H3. The van der Waals surface area contributed by atoms with Gasteiger partial charge in [0.25, 0.3) is 0 Å². The zero-order valence-electron chi connectivity index (χ0n) is 16.2. The van der Waals surface area contributed by atoms with Gasteiger partial charge in [-0.05, 0) is 82.1 Å². The van der Waals surface area contributed by atoms with Crippen molar-refractivity contribution in [3.63, 3.8) is 0 Å². The van der Waals surface area contributed by atoms with E-state index in [1.165, 1.54) is 29.8 Å². The monoisotopic (exact) mass is 361 g/mol. The van der Waals surface area contributed by atoms with Crippen LogP contribution in [0.25, 0.3) is 16.9 Å². The number of hydrogen-bond donors (Lipinski definition) is 1. The fraction of sp³-hybridized carbons (Fsp3) is 0.348. The Kier molecular flexibility index (Phi) is 4.99. The van der Waals surface area contributed by atoms with E-state index in [2.05, 4.69) is 54.0 Å². The molecule has 0 saturated carbocycles. The first-order chi connectivity index (χ1) is 13.1. The normalized spacial score (nSPS) is 13.7. The molecule has 1 aliphatic carbocycles. The quantitative estimate of drug-likeness (QED) is 0.739. The van der Waals surface area contributed by atoms with Gasteiger partial charge in [0.05, 0.1) is 17.1 Å². The fourth-order valence-corrected chi connectivity index (χ4v) is 3.88. The van der Waals surface area contributed by atoms with E-state index in [1.807, 2.05) is 18.2 Å². The first-order valence-electron chi connectivity index (χ1n) is 9.76. The van der Waals surface area contributed by atoms with Crippen LogP contribution in [0.1, 0.15) is 29.7 Å². The number of likely N-dealkylation sites (N-methyl/N-ethyl adjacent to an activating group) is 1. The Morgan fingerprint density at radius 2 is 1.81 bits per heavy atom. The summed E-state index contributed by atoms with van der Waals surface area (Å²) in [4.78, 5) is 2.14. The molecule has 0 aliphatic heterocycles. The molecule has 1 aliphatic rings. The second kappa shape index (κ2) is 7.57. The zero-order valence-corrected chi connectivity index (χ0v) is 16.2. The Morgan fingerprint density at radius 3 is 2.59 bits per heavy atom. The minimum absolute atomic E-state index is 0.375. The molecule has 140 valence electrons. The molecule has 1 aromatic heterocycles. The van der Waals surface area contributed by atoms with Crippen molar-refractivity contribution in [1.29, 1.82) is 0 Å². The van der Waals surface area contributed by atoms with E-state index in [0.29, 0.717) is 5.75 Å². The maximum atomic E-state index is 10.3. The summed E-state index contributed by atoms with van der Waals surface area (Å²) in [5.41, 5.74) is 7.00. The van der Waals surface area contributed by atoms with E-state index < -0.39 is 0 Å². The average molecular weight is 361 g/mol. The van der Waals surface area contributed by atoms with Crippen molar-refractivity contribution in [2.45, 2.75) is 32.1 Å². The van der Waals surface area contributed by atoms with Crippen LogP contribution in [0.3, 0.4) is 0 Å². The van der Waals surface area contributed by atoms with Crippen LogP contribution in [0.5, 0.6) is 5.75 Å². The molecule has 4 rings (SSSR count). The maximum absolute atomic E-state index is 10.3. The molecule has 0 spiro atoms. The first-order valence-corrected chi connectivity index (χ1v) is 9.76. The van der Waals surface area contributed by atoms with Crippen LogP contribution in [-0.4, -0.2) is 40.4 Å². The third kappa shape index (κ3) is 3.62. The van der Waals surface area contributed by atoms with Gasteiger partial charge in [-0.2, -0.15) is 5.10 Å². The average Bonchev–Trinajstić information content (AvgIpc) is 3.07. The van der Waals surface area contributed by atoms with Gasteiger partial charge in [-0.3, -0.25) is 0 Å². The molecule has 0 amide bonds. The minimum Gasteiger partial charge on any atom is -0.508 e. The van der Waals surface area contributed by atoms with Gasteiger partial charge in [-0.15, -0.1) is 0 Å². The highest BCUT2D eigenvalue weighted by molar-refractivity contribution is 5.69. The smallest absolute Gasteiger partial charge is 0.118 e. The predicted molar refractivity (Wildman–Crippen MR) is 110 cm³/mol. The molecule has 0 radical (unpaired) electrons. The Morgan fingerprint density at radius 1 is 1.04 bits per heavy atom. The van der Waals surface area contributed by atoms with Gasteiger partial charge in [-0.1, -0.05) is 18.2 Å². The summed E-state index contributed by atoms with van der Waals surface area (Å²) in [5, 5.41) is 15.3. The Labute approximate surface area is 161 Å². The van der Waals surface area contributed by atoms with Gasteiger partial charge in [0.1, 0.15) is 5.75 Å². The molecule has 0 fully saturated rings. The molecule has 0 saturated heterocycles. The van der Waals surface area contributed by atoms with Crippen molar-refractivity contribution >= 4 is 0 Å². The van der Waals surface area contributed by atoms with Gasteiger partial charge >= 0.3 is 0 Å². The Hall–Kier alpha value is -2.59. The molecule has 4 nitrogen and oxygen atoms in total. The van der Waals surface area contributed by atoms with E-state index in [0.717, 1.165) is 42.6 Å². The van der Waals surface area contributed by atoms with E-state index in [1.54, 1.807) is 0 Å². The molecule has 27 heavy (non-hydrogen) atoms. The summed E-state index contributed by atoms with van der Waals surface area (Å²) in [7, 11) is 4.11. The number of fused-ring (bicyclic) bond motifs is 1. The van der Waals surface area contributed by atoms with Crippen LogP contribution in [0.15, 0.2) is 48.5 Å². The van der Waals surface area contributed by atoms with E-state index in [9.17, 15) is 5.11 Å². The number of para-hydroxylation sites is 1. The molecule has 4 heteroatoms. The van der Waals surface area contributed by atoms with Crippen LogP contribution in [0.4, 0.5) is 0 Å². The molecule has 2 aromatic carbocycles. The van der Waals surface area contributed by atoms with Crippen LogP contribution in [-0.2, 0) is 19.3 Å². The first kappa shape index (κ1) is 17.8. The third-order valence-electron chi connectivity index (χ3n) is 5.34. The van der Waals surface area contributed by atoms with Crippen molar-refractivity contribution in [3.8, 4) is 22.7 Å². The molecule has 0 atom stereocenters. The number of hydrogen-bond acceptors (Lipinski definition) is 3. The molecule has 3 aromatic rings. The summed E-state index contributed by atoms with van der Waals surface area (Å²) < 4.78 is 2.10. The van der Waals surface area contributed by atoms with Gasteiger partial charge in [0.15, 0.2) is 0 Å². The number of aryl methyl sites for hydroxylation is 1. The lowest BCUT2D eigenvalue weighted by atomic mass is 9.92. The number of aromatic hydroxyl groups is 1. The van der Waals surface area contributed by atoms with E-state index in [4.69, 9.17) is 5.10 Å². The maximum Gasteiger partial charge on any atom is 0.118 e. The van der Waals surface area contributed by atoms with Gasteiger partial charge < -0.3 is 10.0 Å². The molecule has 1 N–H and O–H groups in total. The lowest BCUT2D eigenvalue weighted by Crippen LogP contribution is -2.15. The summed E-state index contributed by atoms with van der Waals surface area (Å²) >= 11 is 0. The summed E-state index contributed by atoms with van der Waals surface area (Å²) in [6.07, 6.45) is 5.38.